The summed E-state index contributed by atoms with van der Waals surface area (Å²) in [6.07, 6.45) is 0. The van der Waals surface area contributed by atoms with Crippen LogP contribution in [0.3, 0.4) is 0 Å². The van der Waals surface area contributed by atoms with Crippen LogP contribution in [0.1, 0.15) is 0 Å². The fraction of sp³-hybridized carbons (Fsp3) is 0. The highest BCUT2D eigenvalue weighted by molar-refractivity contribution is 6.17. The summed E-state index contributed by atoms with van der Waals surface area (Å²) in [6.45, 7) is 0. The number of aromatic nitrogens is 4. The molecule has 55 heavy (non-hydrogen) atoms. The minimum Gasteiger partial charge on any atom is -0.309 e. The summed E-state index contributed by atoms with van der Waals surface area (Å²) >= 11 is 0. The van der Waals surface area contributed by atoms with Crippen LogP contribution in [0.25, 0.3) is 95.0 Å². The number of nitrogens with zero attached hydrogens (tertiary/aromatic N) is 4. The molecular weight excluding hydrogens is 669 g/mol. The molecule has 8 aromatic carbocycles. The Bertz CT molecular complexity index is 2920. The maximum atomic E-state index is 5.06. The summed E-state index contributed by atoms with van der Waals surface area (Å²) in [5.41, 5.74) is 13.3. The first-order valence-corrected chi connectivity index (χ1v) is 18.5. The van der Waals surface area contributed by atoms with Gasteiger partial charge in [0.2, 0.25) is 0 Å². The third-order valence-corrected chi connectivity index (χ3v) is 10.3. The fourth-order valence-corrected chi connectivity index (χ4v) is 7.57. The number of para-hydroxylation sites is 1. The van der Waals surface area contributed by atoms with Gasteiger partial charge in [0.05, 0.1) is 11.0 Å². The van der Waals surface area contributed by atoms with Gasteiger partial charge in [0.1, 0.15) is 0 Å². The summed E-state index contributed by atoms with van der Waals surface area (Å²) in [4.78, 5) is 15.0. The monoisotopic (exact) mass is 702 g/mol. The fourth-order valence-electron chi connectivity index (χ4n) is 7.57. The third kappa shape index (κ3) is 6.06. The van der Waals surface area contributed by atoms with Gasteiger partial charge in [-0.1, -0.05) is 164 Å². The lowest BCUT2D eigenvalue weighted by Crippen LogP contribution is -2.00. The number of hydrogen-bond acceptors (Lipinski definition) is 3. The van der Waals surface area contributed by atoms with Gasteiger partial charge >= 0.3 is 0 Å². The topological polar surface area (TPSA) is 43.6 Å². The van der Waals surface area contributed by atoms with Crippen molar-refractivity contribution in [2.45, 2.75) is 0 Å². The van der Waals surface area contributed by atoms with Crippen LogP contribution in [0, 0.1) is 0 Å². The van der Waals surface area contributed by atoms with Gasteiger partial charge < -0.3 is 4.57 Å². The van der Waals surface area contributed by atoms with Gasteiger partial charge in [0, 0.05) is 33.2 Å². The van der Waals surface area contributed by atoms with E-state index in [4.69, 9.17) is 15.0 Å². The molecule has 0 aliphatic heterocycles. The lowest BCUT2D eigenvalue weighted by atomic mass is 9.94. The van der Waals surface area contributed by atoms with Crippen LogP contribution >= 0.6 is 0 Å². The third-order valence-electron chi connectivity index (χ3n) is 10.3. The molecule has 4 nitrogen and oxygen atoms in total. The first-order valence-electron chi connectivity index (χ1n) is 18.5. The molecule has 10 rings (SSSR count). The normalized spacial score (nSPS) is 11.3. The van der Waals surface area contributed by atoms with Gasteiger partial charge in [-0.2, -0.15) is 0 Å². The summed E-state index contributed by atoms with van der Waals surface area (Å²) in [6, 6.07) is 72.3. The van der Waals surface area contributed by atoms with E-state index in [1.54, 1.807) is 0 Å². The van der Waals surface area contributed by atoms with Crippen molar-refractivity contribution in [2.24, 2.45) is 0 Å². The number of hydrogen-bond donors (Lipinski definition) is 0. The molecular formula is C51H34N4. The van der Waals surface area contributed by atoms with E-state index in [0.717, 1.165) is 39.0 Å². The molecule has 4 heteroatoms. The second-order valence-corrected chi connectivity index (χ2v) is 13.7. The smallest absolute Gasteiger partial charge is 0.164 e. The van der Waals surface area contributed by atoms with Crippen molar-refractivity contribution in [2.75, 3.05) is 0 Å². The van der Waals surface area contributed by atoms with Gasteiger partial charge in [-0.05, 0) is 75.8 Å². The molecule has 0 unspecified atom stereocenters. The summed E-state index contributed by atoms with van der Waals surface area (Å²) in [7, 11) is 0. The highest BCUT2D eigenvalue weighted by atomic mass is 15.0. The van der Waals surface area contributed by atoms with E-state index in [9.17, 15) is 0 Å². The molecule has 0 aliphatic carbocycles. The Kier molecular flexibility index (Phi) is 8.12. The van der Waals surface area contributed by atoms with Gasteiger partial charge in [-0.3, -0.25) is 0 Å². The summed E-state index contributed by atoms with van der Waals surface area (Å²) in [5, 5.41) is 2.45. The molecule has 0 atom stereocenters. The van der Waals surface area contributed by atoms with Gasteiger partial charge in [-0.25, -0.2) is 15.0 Å². The second kappa shape index (κ2) is 13.8. The SMILES string of the molecule is c1ccc(-c2ccc(-c3nc(-c4ccccc4)nc(-c4ccc(-n5c6ccccc6c6c(-c7ccccc7)cc(-c7ccccc7)cc65)cc4)n3)cc2)cc1. The Morgan fingerprint density at radius 1 is 0.291 bits per heavy atom. The summed E-state index contributed by atoms with van der Waals surface area (Å²) in [5.74, 6) is 1.90. The number of benzene rings is 8. The molecule has 0 radical (unpaired) electrons. The Morgan fingerprint density at radius 3 is 1.25 bits per heavy atom. The number of rotatable bonds is 7. The van der Waals surface area contributed by atoms with Crippen LogP contribution in [0.15, 0.2) is 206 Å². The van der Waals surface area contributed by atoms with E-state index >= 15 is 0 Å². The van der Waals surface area contributed by atoms with Crippen molar-refractivity contribution in [3.05, 3.63) is 206 Å². The van der Waals surface area contributed by atoms with Crippen LogP contribution in [0.4, 0.5) is 0 Å². The van der Waals surface area contributed by atoms with Gasteiger partial charge in [0.15, 0.2) is 17.5 Å². The van der Waals surface area contributed by atoms with Crippen LogP contribution in [-0.2, 0) is 0 Å². The molecule has 10 aromatic rings. The van der Waals surface area contributed by atoms with Crippen molar-refractivity contribution in [3.8, 4) is 73.2 Å². The van der Waals surface area contributed by atoms with Crippen LogP contribution < -0.4 is 0 Å². The van der Waals surface area contributed by atoms with Crippen molar-refractivity contribution >= 4 is 21.8 Å². The molecule has 0 N–H and O–H groups in total. The maximum Gasteiger partial charge on any atom is 0.164 e. The largest absolute Gasteiger partial charge is 0.309 e. The van der Waals surface area contributed by atoms with E-state index in [-0.39, 0.29) is 0 Å². The lowest BCUT2D eigenvalue weighted by molar-refractivity contribution is 1.07. The average molecular weight is 703 g/mol. The zero-order valence-corrected chi connectivity index (χ0v) is 29.9. The first kappa shape index (κ1) is 32.2. The van der Waals surface area contributed by atoms with E-state index in [0.29, 0.717) is 17.5 Å². The highest BCUT2D eigenvalue weighted by Crippen LogP contribution is 2.41. The second-order valence-electron chi connectivity index (χ2n) is 13.7. The Labute approximate surface area is 319 Å². The lowest BCUT2D eigenvalue weighted by Gasteiger charge is -2.13. The van der Waals surface area contributed by atoms with E-state index in [1.807, 2.05) is 36.4 Å². The number of fused-ring (bicyclic) bond motifs is 3. The molecule has 2 aromatic heterocycles. The van der Waals surface area contributed by atoms with Gasteiger partial charge in [0.25, 0.3) is 0 Å². The molecule has 0 aliphatic rings. The van der Waals surface area contributed by atoms with Crippen molar-refractivity contribution in [1.82, 2.24) is 19.5 Å². The molecule has 0 spiro atoms. The molecule has 0 saturated carbocycles. The first-order chi connectivity index (χ1) is 27.3. The van der Waals surface area contributed by atoms with Crippen molar-refractivity contribution in [1.29, 1.82) is 0 Å². The molecule has 0 amide bonds. The van der Waals surface area contributed by atoms with Crippen LogP contribution in [0.2, 0.25) is 0 Å². The highest BCUT2D eigenvalue weighted by Gasteiger charge is 2.19. The minimum absolute atomic E-state index is 0.627. The predicted octanol–water partition coefficient (Wildman–Crippen LogP) is 13.0. The minimum atomic E-state index is 0.627. The molecule has 0 saturated heterocycles. The van der Waals surface area contributed by atoms with E-state index in [2.05, 4.69) is 174 Å². The molecule has 2 heterocycles. The van der Waals surface area contributed by atoms with E-state index < -0.39 is 0 Å². The molecule has 258 valence electrons. The predicted molar refractivity (Wildman–Crippen MR) is 227 cm³/mol. The molecule has 0 bridgehead atoms. The average Bonchev–Trinajstić information content (AvgIpc) is 3.61. The Morgan fingerprint density at radius 2 is 0.691 bits per heavy atom. The van der Waals surface area contributed by atoms with Crippen LogP contribution in [0.5, 0.6) is 0 Å². The standard InChI is InChI=1S/C51H34N4/c1-5-15-35(16-6-1)37-25-27-40(28-26-37)50-52-49(39-21-11-4-12-22-39)53-51(54-50)41-29-31-43(32-30-41)55-46-24-14-13-23-44(46)48-45(38-19-9-3-10-20-38)33-42(34-47(48)55)36-17-7-2-8-18-36/h1-34H. The van der Waals surface area contributed by atoms with Gasteiger partial charge in [-0.15, -0.1) is 0 Å². The quantitative estimate of drug-likeness (QED) is 0.166. The van der Waals surface area contributed by atoms with Crippen LogP contribution in [-0.4, -0.2) is 19.5 Å². The van der Waals surface area contributed by atoms with Crippen molar-refractivity contribution in [3.63, 3.8) is 0 Å². The summed E-state index contributed by atoms with van der Waals surface area (Å²) < 4.78 is 2.38. The van der Waals surface area contributed by atoms with E-state index in [1.165, 1.54) is 38.6 Å². The maximum absolute atomic E-state index is 5.06. The Balaban J connectivity index is 1.11. The van der Waals surface area contributed by atoms with Crippen molar-refractivity contribution < 1.29 is 0 Å². The Hall–Kier alpha value is -7.43. The zero-order valence-electron chi connectivity index (χ0n) is 29.9. The molecule has 0 fully saturated rings. The zero-order chi connectivity index (χ0) is 36.6.